The zero-order valence-corrected chi connectivity index (χ0v) is 16.0. The third kappa shape index (κ3) is 4.97. The summed E-state index contributed by atoms with van der Waals surface area (Å²) in [5, 5.41) is 3.34. The first kappa shape index (κ1) is 19.9. The molecular weight excluding hydrogens is 383 g/mol. The predicted molar refractivity (Wildman–Crippen MR) is 104 cm³/mol. The lowest BCUT2D eigenvalue weighted by Gasteiger charge is -2.28. The molecule has 3 heterocycles. The predicted octanol–water partition coefficient (Wildman–Crippen LogP) is 3.02. The SMILES string of the molecule is FC(F)(F)c1ccccc1CN1CCC(Nc2nccc(N3CCOCC3)n2)C1. The topological polar surface area (TPSA) is 53.5 Å². The van der Waals surface area contributed by atoms with Gasteiger partial charge in [0.2, 0.25) is 5.95 Å². The third-order valence-corrected chi connectivity index (χ3v) is 5.30. The highest BCUT2D eigenvalue weighted by molar-refractivity contribution is 5.43. The molecule has 1 atom stereocenters. The Morgan fingerprint density at radius 2 is 1.90 bits per heavy atom. The van der Waals surface area contributed by atoms with Gasteiger partial charge in [0.15, 0.2) is 0 Å². The minimum Gasteiger partial charge on any atom is -0.378 e. The molecule has 1 aromatic heterocycles. The van der Waals surface area contributed by atoms with Gasteiger partial charge in [-0.15, -0.1) is 0 Å². The molecule has 0 aliphatic carbocycles. The van der Waals surface area contributed by atoms with Gasteiger partial charge in [0.05, 0.1) is 18.8 Å². The average Bonchev–Trinajstić information content (AvgIpc) is 3.15. The number of nitrogens with one attached hydrogen (secondary N) is 1. The molecule has 0 spiro atoms. The number of hydrogen-bond acceptors (Lipinski definition) is 6. The van der Waals surface area contributed by atoms with Crippen molar-refractivity contribution in [1.29, 1.82) is 0 Å². The van der Waals surface area contributed by atoms with E-state index in [4.69, 9.17) is 4.74 Å². The monoisotopic (exact) mass is 407 g/mol. The second kappa shape index (κ2) is 8.54. The van der Waals surface area contributed by atoms with Crippen LogP contribution in [0, 0.1) is 0 Å². The van der Waals surface area contributed by atoms with Gasteiger partial charge in [-0.25, -0.2) is 4.98 Å². The molecule has 156 valence electrons. The summed E-state index contributed by atoms with van der Waals surface area (Å²) in [6, 6.07) is 7.77. The van der Waals surface area contributed by atoms with Crippen molar-refractivity contribution in [1.82, 2.24) is 14.9 Å². The molecule has 2 fully saturated rings. The Balaban J connectivity index is 1.36. The first-order valence-corrected chi connectivity index (χ1v) is 9.79. The van der Waals surface area contributed by atoms with E-state index >= 15 is 0 Å². The van der Waals surface area contributed by atoms with Crippen molar-refractivity contribution in [2.24, 2.45) is 0 Å². The van der Waals surface area contributed by atoms with Crippen LogP contribution in [0.25, 0.3) is 0 Å². The quantitative estimate of drug-likeness (QED) is 0.823. The molecule has 4 rings (SSSR count). The number of halogens is 3. The van der Waals surface area contributed by atoms with E-state index in [1.807, 2.05) is 11.0 Å². The summed E-state index contributed by atoms with van der Waals surface area (Å²) in [5.41, 5.74) is -0.246. The van der Waals surface area contributed by atoms with Gasteiger partial charge >= 0.3 is 6.18 Å². The highest BCUT2D eigenvalue weighted by atomic mass is 19.4. The molecule has 0 saturated carbocycles. The lowest BCUT2D eigenvalue weighted by Crippen LogP contribution is -2.37. The van der Waals surface area contributed by atoms with Crippen LogP contribution in [-0.4, -0.2) is 60.3 Å². The number of anilines is 2. The van der Waals surface area contributed by atoms with Gasteiger partial charge < -0.3 is 15.0 Å². The summed E-state index contributed by atoms with van der Waals surface area (Å²) >= 11 is 0. The molecule has 1 unspecified atom stereocenters. The minimum absolute atomic E-state index is 0.105. The minimum atomic E-state index is -4.33. The van der Waals surface area contributed by atoms with E-state index in [0.29, 0.717) is 31.3 Å². The highest BCUT2D eigenvalue weighted by Gasteiger charge is 2.34. The molecule has 9 heteroatoms. The fourth-order valence-electron chi connectivity index (χ4n) is 3.84. The van der Waals surface area contributed by atoms with Crippen LogP contribution in [0.3, 0.4) is 0 Å². The van der Waals surface area contributed by atoms with E-state index < -0.39 is 11.7 Å². The number of hydrogen-bond donors (Lipinski definition) is 1. The van der Waals surface area contributed by atoms with Crippen LogP contribution in [0.1, 0.15) is 17.5 Å². The van der Waals surface area contributed by atoms with Crippen LogP contribution in [0.4, 0.5) is 24.9 Å². The zero-order chi connectivity index (χ0) is 20.3. The number of rotatable bonds is 5. The van der Waals surface area contributed by atoms with Gasteiger partial charge in [-0.05, 0) is 24.1 Å². The Morgan fingerprint density at radius 3 is 2.69 bits per heavy atom. The Hall–Kier alpha value is -2.39. The molecule has 0 bridgehead atoms. The Kier molecular flexibility index (Phi) is 5.86. The second-order valence-electron chi connectivity index (χ2n) is 7.36. The summed E-state index contributed by atoms with van der Waals surface area (Å²) in [6.07, 6.45) is -1.77. The number of benzene rings is 1. The standard InChI is InChI=1S/C20H24F3N5O/c21-20(22,23)17-4-2-1-3-15(17)13-27-8-6-16(14-27)25-19-24-7-5-18(26-19)28-9-11-29-12-10-28/h1-5,7,16H,6,8-14H2,(H,24,25,26). The van der Waals surface area contributed by atoms with Crippen molar-refractivity contribution in [2.45, 2.75) is 25.2 Å². The van der Waals surface area contributed by atoms with Crippen LogP contribution in [0.5, 0.6) is 0 Å². The molecular formula is C20H24F3N5O. The van der Waals surface area contributed by atoms with Crippen LogP contribution < -0.4 is 10.2 Å². The number of likely N-dealkylation sites (tertiary alicyclic amines) is 1. The molecule has 2 saturated heterocycles. The van der Waals surface area contributed by atoms with E-state index in [1.165, 1.54) is 6.07 Å². The molecule has 1 N–H and O–H groups in total. The smallest absolute Gasteiger partial charge is 0.378 e. The molecule has 29 heavy (non-hydrogen) atoms. The first-order valence-electron chi connectivity index (χ1n) is 9.79. The van der Waals surface area contributed by atoms with Crippen molar-refractivity contribution in [2.75, 3.05) is 49.6 Å². The number of ether oxygens (including phenoxy) is 1. The second-order valence-corrected chi connectivity index (χ2v) is 7.36. The maximum absolute atomic E-state index is 13.2. The van der Waals surface area contributed by atoms with Crippen molar-refractivity contribution in [3.05, 3.63) is 47.7 Å². The van der Waals surface area contributed by atoms with Gasteiger partial charge in [-0.2, -0.15) is 18.2 Å². The van der Waals surface area contributed by atoms with Crippen molar-refractivity contribution >= 4 is 11.8 Å². The summed E-state index contributed by atoms with van der Waals surface area (Å²) < 4.78 is 45.0. The van der Waals surface area contributed by atoms with Gasteiger partial charge in [0, 0.05) is 45.0 Å². The zero-order valence-electron chi connectivity index (χ0n) is 16.0. The molecule has 2 aliphatic heterocycles. The van der Waals surface area contributed by atoms with Gasteiger partial charge in [-0.3, -0.25) is 4.90 Å². The highest BCUT2D eigenvalue weighted by Crippen LogP contribution is 2.32. The molecule has 2 aromatic rings. The summed E-state index contributed by atoms with van der Waals surface area (Å²) in [7, 11) is 0. The maximum atomic E-state index is 13.2. The summed E-state index contributed by atoms with van der Waals surface area (Å²) in [5.74, 6) is 1.41. The first-order chi connectivity index (χ1) is 14.0. The summed E-state index contributed by atoms with van der Waals surface area (Å²) in [4.78, 5) is 13.1. The van der Waals surface area contributed by atoms with Crippen molar-refractivity contribution in [3.63, 3.8) is 0 Å². The van der Waals surface area contributed by atoms with E-state index in [0.717, 1.165) is 37.9 Å². The maximum Gasteiger partial charge on any atom is 0.416 e. The normalized spacial score (nSPS) is 20.8. The van der Waals surface area contributed by atoms with Gasteiger partial charge in [-0.1, -0.05) is 18.2 Å². The lowest BCUT2D eigenvalue weighted by molar-refractivity contribution is -0.138. The Bertz CT molecular complexity index is 826. The molecule has 0 radical (unpaired) electrons. The van der Waals surface area contributed by atoms with Crippen LogP contribution in [0.15, 0.2) is 36.5 Å². The van der Waals surface area contributed by atoms with Crippen molar-refractivity contribution < 1.29 is 17.9 Å². The van der Waals surface area contributed by atoms with Crippen molar-refractivity contribution in [3.8, 4) is 0 Å². The fourth-order valence-corrected chi connectivity index (χ4v) is 3.84. The van der Waals surface area contributed by atoms with E-state index in [1.54, 1.807) is 18.3 Å². The number of morpholine rings is 1. The van der Waals surface area contributed by atoms with Crippen LogP contribution in [-0.2, 0) is 17.5 Å². The van der Waals surface area contributed by atoms with Gasteiger partial charge in [0.25, 0.3) is 0 Å². The van der Waals surface area contributed by atoms with Gasteiger partial charge in [0.1, 0.15) is 5.82 Å². The molecule has 6 nitrogen and oxygen atoms in total. The Morgan fingerprint density at radius 1 is 1.10 bits per heavy atom. The lowest BCUT2D eigenvalue weighted by atomic mass is 10.1. The Labute approximate surface area is 167 Å². The molecule has 1 aromatic carbocycles. The average molecular weight is 407 g/mol. The molecule has 0 amide bonds. The number of aromatic nitrogens is 2. The van der Waals surface area contributed by atoms with Crippen LogP contribution in [0.2, 0.25) is 0 Å². The summed E-state index contributed by atoms with van der Waals surface area (Å²) in [6.45, 7) is 4.62. The fraction of sp³-hybridized carbons (Fsp3) is 0.500. The van der Waals surface area contributed by atoms with E-state index in [9.17, 15) is 13.2 Å². The largest absolute Gasteiger partial charge is 0.416 e. The number of alkyl halides is 3. The van der Waals surface area contributed by atoms with E-state index in [-0.39, 0.29) is 12.6 Å². The third-order valence-electron chi connectivity index (χ3n) is 5.30. The van der Waals surface area contributed by atoms with E-state index in [2.05, 4.69) is 20.2 Å². The molecule has 2 aliphatic rings. The van der Waals surface area contributed by atoms with Crippen LogP contribution >= 0.6 is 0 Å². The number of nitrogens with zero attached hydrogens (tertiary/aromatic N) is 4.